The quantitative estimate of drug-likeness (QED) is 0.315. The standard InChI is InChI=1S/C20H24N4O5/c1-4-23(13-15-7-5-6-12-21-15)20(26)22-18(14(2)3)19(25)29-17-10-8-16(9-11-17)24(27)28/h5-12,14,18H,4,13H2,1-3H3,(H,22,26)/t18-/m0/s1. The molecule has 0 aliphatic carbocycles. The first-order valence-electron chi connectivity index (χ1n) is 9.23. The Hall–Kier alpha value is -3.49. The van der Waals surface area contributed by atoms with Gasteiger partial charge >= 0.3 is 12.0 Å². The summed E-state index contributed by atoms with van der Waals surface area (Å²) in [5.74, 6) is -0.699. The minimum atomic E-state index is -0.879. The number of nitro benzene ring substituents is 1. The fraction of sp³-hybridized carbons (Fsp3) is 0.350. The Morgan fingerprint density at radius 1 is 1.21 bits per heavy atom. The summed E-state index contributed by atoms with van der Waals surface area (Å²) in [4.78, 5) is 41.2. The number of non-ortho nitro benzene ring substituents is 1. The molecule has 1 atom stereocenters. The molecule has 1 aromatic heterocycles. The topological polar surface area (TPSA) is 115 Å². The normalized spacial score (nSPS) is 11.6. The van der Waals surface area contributed by atoms with E-state index in [2.05, 4.69) is 10.3 Å². The van der Waals surface area contributed by atoms with E-state index in [1.807, 2.05) is 19.1 Å². The molecule has 0 spiro atoms. The molecule has 2 rings (SSSR count). The second-order valence-electron chi connectivity index (χ2n) is 6.68. The van der Waals surface area contributed by atoms with Crippen LogP contribution >= 0.6 is 0 Å². The fourth-order valence-electron chi connectivity index (χ4n) is 2.55. The molecule has 9 nitrogen and oxygen atoms in total. The number of rotatable bonds is 8. The summed E-state index contributed by atoms with van der Waals surface area (Å²) in [5.41, 5.74) is 0.630. The molecule has 1 N–H and O–H groups in total. The molecule has 0 saturated heterocycles. The third-order valence-corrected chi connectivity index (χ3v) is 4.21. The maximum atomic E-state index is 12.7. The van der Waals surface area contributed by atoms with Crippen molar-refractivity contribution in [1.82, 2.24) is 15.2 Å². The van der Waals surface area contributed by atoms with Crippen molar-refractivity contribution >= 4 is 17.7 Å². The number of nitro groups is 1. The van der Waals surface area contributed by atoms with E-state index >= 15 is 0 Å². The lowest BCUT2D eigenvalue weighted by atomic mass is 10.0. The molecule has 1 heterocycles. The van der Waals surface area contributed by atoms with Gasteiger partial charge < -0.3 is 15.0 Å². The van der Waals surface area contributed by atoms with Crippen molar-refractivity contribution in [2.75, 3.05) is 6.54 Å². The molecule has 9 heteroatoms. The molecule has 0 aliphatic heterocycles. The SMILES string of the molecule is CCN(Cc1ccccn1)C(=O)N[C@H](C(=O)Oc1ccc([N+](=O)[O-])cc1)C(C)C. The number of nitrogens with zero attached hydrogens (tertiary/aromatic N) is 3. The number of benzene rings is 1. The lowest BCUT2D eigenvalue weighted by Crippen LogP contribution is -2.51. The molecule has 0 aliphatic rings. The summed E-state index contributed by atoms with van der Waals surface area (Å²) in [5, 5.41) is 13.4. The van der Waals surface area contributed by atoms with Crippen LogP contribution < -0.4 is 10.1 Å². The van der Waals surface area contributed by atoms with Gasteiger partial charge in [-0.25, -0.2) is 9.59 Å². The lowest BCUT2D eigenvalue weighted by Gasteiger charge is -2.26. The molecule has 2 aromatic rings. The van der Waals surface area contributed by atoms with Crippen LogP contribution in [0.4, 0.5) is 10.5 Å². The van der Waals surface area contributed by atoms with E-state index in [1.54, 1.807) is 26.1 Å². The number of esters is 1. The van der Waals surface area contributed by atoms with Crippen molar-refractivity contribution in [2.45, 2.75) is 33.4 Å². The van der Waals surface area contributed by atoms with Gasteiger partial charge in [-0.1, -0.05) is 19.9 Å². The van der Waals surface area contributed by atoms with Crippen LogP contribution in [0.15, 0.2) is 48.7 Å². The number of carbonyl (C=O) groups excluding carboxylic acids is 2. The van der Waals surface area contributed by atoms with Crippen LogP contribution in [0.2, 0.25) is 0 Å². The third kappa shape index (κ3) is 6.27. The highest BCUT2D eigenvalue weighted by Crippen LogP contribution is 2.18. The first kappa shape index (κ1) is 21.8. The van der Waals surface area contributed by atoms with E-state index in [1.165, 1.54) is 29.2 Å². The van der Waals surface area contributed by atoms with Gasteiger partial charge in [0.1, 0.15) is 11.8 Å². The Bertz CT molecular complexity index is 840. The summed E-state index contributed by atoms with van der Waals surface area (Å²) in [6.45, 7) is 6.16. The average molecular weight is 400 g/mol. The molecule has 0 bridgehead atoms. The van der Waals surface area contributed by atoms with Crippen molar-refractivity contribution in [3.63, 3.8) is 0 Å². The summed E-state index contributed by atoms with van der Waals surface area (Å²) < 4.78 is 5.30. The van der Waals surface area contributed by atoms with Gasteiger partial charge in [0, 0.05) is 24.9 Å². The second-order valence-corrected chi connectivity index (χ2v) is 6.68. The van der Waals surface area contributed by atoms with Gasteiger partial charge in [-0.2, -0.15) is 0 Å². The average Bonchev–Trinajstić information content (AvgIpc) is 2.70. The van der Waals surface area contributed by atoms with Crippen LogP contribution in [-0.2, 0) is 11.3 Å². The van der Waals surface area contributed by atoms with Crippen LogP contribution in [0.3, 0.4) is 0 Å². The van der Waals surface area contributed by atoms with Crippen molar-refractivity contribution in [2.24, 2.45) is 5.92 Å². The van der Waals surface area contributed by atoms with Crippen LogP contribution in [0.25, 0.3) is 0 Å². The van der Waals surface area contributed by atoms with Crippen molar-refractivity contribution in [3.05, 3.63) is 64.5 Å². The molecule has 1 aromatic carbocycles. The van der Waals surface area contributed by atoms with Gasteiger partial charge in [0.2, 0.25) is 0 Å². The summed E-state index contributed by atoms with van der Waals surface area (Å²) in [6.07, 6.45) is 1.65. The van der Waals surface area contributed by atoms with Crippen LogP contribution in [0.5, 0.6) is 5.75 Å². The Labute approximate surface area is 168 Å². The van der Waals surface area contributed by atoms with Gasteiger partial charge in [-0.15, -0.1) is 0 Å². The van der Waals surface area contributed by atoms with E-state index in [0.29, 0.717) is 13.1 Å². The highest BCUT2D eigenvalue weighted by molar-refractivity contribution is 5.85. The first-order chi connectivity index (χ1) is 13.8. The highest BCUT2D eigenvalue weighted by Gasteiger charge is 2.28. The monoisotopic (exact) mass is 400 g/mol. The summed E-state index contributed by atoms with van der Waals surface area (Å²) in [6, 6.07) is 9.35. The molecule has 29 heavy (non-hydrogen) atoms. The minimum Gasteiger partial charge on any atom is -0.425 e. The highest BCUT2D eigenvalue weighted by atomic mass is 16.6. The number of aromatic nitrogens is 1. The summed E-state index contributed by atoms with van der Waals surface area (Å²) in [7, 11) is 0. The zero-order valence-electron chi connectivity index (χ0n) is 16.6. The predicted molar refractivity (Wildman–Crippen MR) is 106 cm³/mol. The number of hydrogen-bond acceptors (Lipinski definition) is 6. The Morgan fingerprint density at radius 2 is 1.90 bits per heavy atom. The molecule has 2 amide bonds. The van der Waals surface area contributed by atoms with E-state index in [0.717, 1.165) is 5.69 Å². The predicted octanol–water partition coefficient (Wildman–Crippen LogP) is 3.15. The zero-order valence-corrected chi connectivity index (χ0v) is 16.6. The van der Waals surface area contributed by atoms with Crippen molar-refractivity contribution in [1.29, 1.82) is 0 Å². The summed E-state index contributed by atoms with van der Waals surface area (Å²) >= 11 is 0. The molecule has 0 radical (unpaired) electrons. The molecular weight excluding hydrogens is 376 g/mol. The molecule has 0 unspecified atom stereocenters. The number of nitrogens with one attached hydrogen (secondary N) is 1. The van der Waals surface area contributed by atoms with Crippen molar-refractivity contribution in [3.8, 4) is 5.75 Å². The van der Waals surface area contributed by atoms with Gasteiger partial charge in [-0.05, 0) is 37.1 Å². The smallest absolute Gasteiger partial charge is 0.334 e. The number of urea groups is 1. The van der Waals surface area contributed by atoms with Gasteiger partial charge in [0.15, 0.2) is 0 Å². The Morgan fingerprint density at radius 3 is 2.41 bits per heavy atom. The maximum Gasteiger partial charge on any atom is 0.334 e. The van der Waals surface area contributed by atoms with Crippen LogP contribution in [0.1, 0.15) is 26.5 Å². The fourth-order valence-corrected chi connectivity index (χ4v) is 2.55. The van der Waals surface area contributed by atoms with E-state index in [9.17, 15) is 19.7 Å². The number of pyridine rings is 1. The molecule has 0 fully saturated rings. The largest absolute Gasteiger partial charge is 0.425 e. The van der Waals surface area contributed by atoms with E-state index in [-0.39, 0.29) is 17.4 Å². The number of carbonyl (C=O) groups is 2. The Kier molecular flexibility index (Phi) is 7.64. The van der Waals surface area contributed by atoms with Gasteiger partial charge in [0.05, 0.1) is 17.2 Å². The minimum absolute atomic E-state index is 0.105. The van der Waals surface area contributed by atoms with Crippen LogP contribution in [-0.4, -0.2) is 39.4 Å². The first-order valence-corrected chi connectivity index (χ1v) is 9.23. The number of ether oxygens (including phenoxy) is 1. The molecular formula is C20H24N4O5. The van der Waals surface area contributed by atoms with Gasteiger partial charge in [0.25, 0.3) is 5.69 Å². The van der Waals surface area contributed by atoms with E-state index in [4.69, 9.17) is 4.74 Å². The molecule has 0 saturated carbocycles. The maximum absolute atomic E-state index is 12.7. The second kappa shape index (κ2) is 10.2. The van der Waals surface area contributed by atoms with Crippen molar-refractivity contribution < 1.29 is 19.2 Å². The number of hydrogen-bond donors (Lipinski definition) is 1. The Balaban J connectivity index is 2.04. The van der Waals surface area contributed by atoms with Gasteiger partial charge in [-0.3, -0.25) is 15.1 Å². The van der Waals surface area contributed by atoms with E-state index < -0.39 is 23.0 Å². The zero-order chi connectivity index (χ0) is 21.4. The third-order valence-electron chi connectivity index (χ3n) is 4.21. The molecule has 154 valence electrons. The lowest BCUT2D eigenvalue weighted by molar-refractivity contribution is -0.384. The van der Waals surface area contributed by atoms with Crippen LogP contribution in [0, 0.1) is 16.0 Å². The number of amides is 2.